The number of carboxylic acids is 1. The third kappa shape index (κ3) is 5.72. The Bertz CT molecular complexity index is 537. The molecule has 1 aromatic rings. The fourth-order valence-electron chi connectivity index (χ4n) is 0.917. The summed E-state index contributed by atoms with van der Waals surface area (Å²) in [6.07, 6.45) is 0. The van der Waals surface area contributed by atoms with Gasteiger partial charge in [0.25, 0.3) is 0 Å². The van der Waals surface area contributed by atoms with Gasteiger partial charge in [0, 0.05) is 0 Å². The zero-order chi connectivity index (χ0) is 12.3. The van der Waals surface area contributed by atoms with E-state index in [1.165, 1.54) is 6.07 Å². The molecule has 86 valence electrons. The van der Waals surface area contributed by atoms with Gasteiger partial charge < -0.3 is 14.1 Å². The Labute approximate surface area is 139 Å². The summed E-state index contributed by atoms with van der Waals surface area (Å²) in [5, 5.41) is 10.4. The molecule has 9 heteroatoms. The molecule has 0 saturated carbocycles. The van der Waals surface area contributed by atoms with Crippen LogP contribution < -0.4 is 56.5 Å². The van der Waals surface area contributed by atoms with Crippen molar-refractivity contribution in [2.45, 2.75) is 0 Å². The van der Waals surface area contributed by atoms with Gasteiger partial charge >= 0.3 is 67.8 Å². The molecule has 0 bridgehead atoms. The van der Waals surface area contributed by atoms with Crippen molar-refractivity contribution in [1.82, 2.24) is 0 Å². The van der Waals surface area contributed by atoms with Crippen LogP contribution in [0.2, 0.25) is 0 Å². The van der Waals surface area contributed by atoms with Crippen LogP contribution in [0.4, 0.5) is 0 Å². The maximum Gasteiger partial charge on any atom is 1.00 e. The number of carbonyl (C=O) groups is 2. The van der Waals surface area contributed by atoms with Gasteiger partial charge in [-0.3, -0.25) is 4.55 Å². The van der Waals surface area contributed by atoms with Crippen molar-refractivity contribution < 1.29 is 83.2 Å². The number of aromatic carboxylic acids is 1. The van der Waals surface area contributed by atoms with Crippen LogP contribution in [0.1, 0.15) is 20.7 Å². The summed E-state index contributed by atoms with van der Waals surface area (Å²) in [5.41, 5.74) is -0.649. The molecular formula is C8H5KO7S. The SMILES string of the molecule is O=C([O-])c1cccc(C(=O)OS(=O)(=O)O)c1.[K+]. The first-order chi connectivity index (χ1) is 7.29. The molecule has 1 N–H and O–H groups in total. The molecule has 0 saturated heterocycles. The van der Waals surface area contributed by atoms with Gasteiger partial charge in [-0.15, -0.1) is 0 Å². The number of hydrogen-bond acceptors (Lipinski definition) is 6. The molecule has 17 heavy (non-hydrogen) atoms. The summed E-state index contributed by atoms with van der Waals surface area (Å²) in [5.74, 6) is -2.91. The molecule has 1 rings (SSSR count). The van der Waals surface area contributed by atoms with Crippen LogP contribution >= 0.6 is 0 Å². The molecule has 7 nitrogen and oxygen atoms in total. The topological polar surface area (TPSA) is 121 Å². The minimum atomic E-state index is -4.92. The van der Waals surface area contributed by atoms with E-state index < -0.39 is 22.3 Å². The Balaban J connectivity index is 0.00000256. The van der Waals surface area contributed by atoms with Gasteiger partial charge in [0.15, 0.2) is 0 Å². The van der Waals surface area contributed by atoms with Crippen LogP contribution in [0.15, 0.2) is 24.3 Å². The Morgan fingerprint density at radius 1 is 1.24 bits per heavy atom. The van der Waals surface area contributed by atoms with E-state index in [2.05, 4.69) is 4.18 Å². The summed E-state index contributed by atoms with van der Waals surface area (Å²) in [7, 11) is -4.92. The number of benzene rings is 1. The van der Waals surface area contributed by atoms with Gasteiger partial charge in [0.05, 0.1) is 11.5 Å². The molecule has 0 radical (unpaired) electrons. The molecule has 0 spiro atoms. The molecule has 1 aromatic carbocycles. The predicted octanol–water partition coefficient (Wildman–Crippen LogP) is -3.99. The molecule has 0 aromatic heterocycles. The van der Waals surface area contributed by atoms with E-state index in [0.717, 1.165) is 18.2 Å². The second-order valence-corrected chi connectivity index (χ2v) is 3.69. The Morgan fingerprint density at radius 3 is 2.24 bits per heavy atom. The van der Waals surface area contributed by atoms with Crippen molar-refractivity contribution in [2.24, 2.45) is 0 Å². The number of carbonyl (C=O) groups excluding carboxylic acids is 2. The number of carboxylic acid groups (broad SMARTS) is 1. The quantitative estimate of drug-likeness (QED) is 0.443. The third-order valence-electron chi connectivity index (χ3n) is 1.51. The molecule has 0 fully saturated rings. The molecule has 0 atom stereocenters. The van der Waals surface area contributed by atoms with Crippen LogP contribution in [0.5, 0.6) is 0 Å². The van der Waals surface area contributed by atoms with E-state index in [1.807, 2.05) is 0 Å². The second kappa shape index (κ2) is 6.59. The summed E-state index contributed by atoms with van der Waals surface area (Å²) in [6.45, 7) is 0. The molecule has 0 unspecified atom stereocenters. The van der Waals surface area contributed by atoms with Crippen LogP contribution in [0, 0.1) is 0 Å². The monoisotopic (exact) mass is 284 g/mol. The van der Waals surface area contributed by atoms with E-state index >= 15 is 0 Å². The Morgan fingerprint density at radius 2 is 1.76 bits per heavy atom. The van der Waals surface area contributed by atoms with E-state index in [9.17, 15) is 23.1 Å². The van der Waals surface area contributed by atoms with E-state index in [4.69, 9.17) is 4.55 Å². The normalized spacial score (nSPS) is 10.2. The standard InChI is InChI=1S/C8H6O7S.K/c9-7(10)5-2-1-3-6(4-5)8(11)15-16(12,13)14;/h1-4H,(H,9,10)(H,12,13,14);/q;+1/p-1. The second-order valence-electron chi connectivity index (χ2n) is 2.67. The van der Waals surface area contributed by atoms with Crippen molar-refractivity contribution in [3.8, 4) is 0 Å². The maximum atomic E-state index is 11.1. The smallest absolute Gasteiger partial charge is 0.545 e. The van der Waals surface area contributed by atoms with Crippen LogP contribution in [-0.2, 0) is 14.6 Å². The van der Waals surface area contributed by atoms with Gasteiger partial charge in [0.1, 0.15) is 0 Å². The van der Waals surface area contributed by atoms with Crippen molar-refractivity contribution in [3.63, 3.8) is 0 Å². The van der Waals surface area contributed by atoms with E-state index in [1.54, 1.807) is 0 Å². The molecule has 0 aliphatic rings. The number of rotatable bonds is 3. The number of hydrogen-bond donors (Lipinski definition) is 1. The largest absolute Gasteiger partial charge is 1.00 e. The van der Waals surface area contributed by atoms with Crippen LogP contribution in [0.3, 0.4) is 0 Å². The van der Waals surface area contributed by atoms with Gasteiger partial charge in [-0.05, 0) is 17.7 Å². The Hall–Kier alpha value is -0.294. The van der Waals surface area contributed by atoms with Crippen molar-refractivity contribution in [3.05, 3.63) is 35.4 Å². The Kier molecular flexibility index (Phi) is 6.47. The minimum absolute atomic E-state index is 0. The predicted molar refractivity (Wildman–Crippen MR) is 47.7 cm³/mol. The molecule has 0 heterocycles. The summed E-state index contributed by atoms with van der Waals surface area (Å²) in [4.78, 5) is 21.5. The average Bonchev–Trinajstić information content (AvgIpc) is 2.15. The maximum absolute atomic E-state index is 11.1. The van der Waals surface area contributed by atoms with Gasteiger partial charge in [0.2, 0.25) is 0 Å². The molecule has 0 amide bonds. The molecular weight excluding hydrogens is 279 g/mol. The van der Waals surface area contributed by atoms with Gasteiger partial charge in [-0.2, -0.15) is 8.42 Å². The van der Waals surface area contributed by atoms with Crippen molar-refractivity contribution >= 4 is 22.3 Å². The third-order valence-corrected chi connectivity index (χ3v) is 1.88. The molecule has 0 aliphatic heterocycles. The minimum Gasteiger partial charge on any atom is -0.545 e. The fourth-order valence-corrected chi connectivity index (χ4v) is 1.20. The zero-order valence-electron chi connectivity index (χ0n) is 8.61. The first-order valence-corrected chi connectivity index (χ1v) is 5.19. The first-order valence-electron chi connectivity index (χ1n) is 3.82. The van der Waals surface area contributed by atoms with E-state index in [0.29, 0.717) is 0 Å². The van der Waals surface area contributed by atoms with Crippen LogP contribution in [-0.4, -0.2) is 24.9 Å². The fraction of sp³-hybridized carbons (Fsp3) is 0. The molecule has 0 aliphatic carbocycles. The zero-order valence-corrected chi connectivity index (χ0v) is 12.6. The van der Waals surface area contributed by atoms with Crippen molar-refractivity contribution in [1.29, 1.82) is 0 Å². The summed E-state index contributed by atoms with van der Waals surface area (Å²) in [6, 6.07) is 4.34. The average molecular weight is 284 g/mol. The first kappa shape index (κ1) is 16.7. The summed E-state index contributed by atoms with van der Waals surface area (Å²) < 4.78 is 32.3. The summed E-state index contributed by atoms with van der Waals surface area (Å²) >= 11 is 0. The van der Waals surface area contributed by atoms with Crippen molar-refractivity contribution in [2.75, 3.05) is 0 Å². The van der Waals surface area contributed by atoms with Gasteiger partial charge in [-0.1, -0.05) is 12.1 Å². The van der Waals surface area contributed by atoms with Gasteiger partial charge in [-0.25, -0.2) is 4.79 Å². The van der Waals surface area contributed by atoms with Crippen LogP contribution in [0.25, 0.3) is 0 Å². The van der Waals surface area contributed by atoms with E-state index in [-0.39, 0.29) is 62.5 Å².